The van der Waals surface area contributed by atoms with Crippen molar-refractivity contribution < 1.29 is 23.8 Å². The van der Waals surface area contributed by atoms with Gasteiger partial charge in [0.15, 0.2) is 0 Å². The minimum absolute atomic E-state index is 0.0313. The molecule has 2 saturated heterocycles. The van der Waals surface area contributed by atoms with Crippen molar-refractivity contribution in [2.75, 3.05) is 39.4 Å². The number of amides is 1. The average Bonchev–Trinajstić information content (AvgIpc) is 3.20. The number of aliphatic hydroxyl groups is 1. The third-order valence-corrected chi connectivity index (χ3v) is 6.43. The minimum atomic E-state index is -0.871. The van der Waals surface area contributed by atoms with Crippen LogP contribution >= 0.6 is 0 Å². The maximum absolute atomic E-state index is 14.1. The summed E-state index contributed by atoms with van der Waals surface area (Å²) in [5.41, 5.74) is 2.05. The van der Waals surface area contributed by atoms with Gasteiger partial charge in [0.1, 0.15) is 11.6 Å². The molecule has 2 aromatic rings. The van der Waals surface area contributed by atoms with Crippen LogP contribution in [0, 0.1) is 19.7 Å². The number of Topliss-reactive ketones (excluding diaryl/α,β-unsaturated/α-hetero) is 1. The van der Waals surface area contributed by atoms with E-state index in [-0.39, 0.29) is 11.3 Å². The second-order valence-electron chi connectivity index (χ2n) is 8.52. The van der Waals surface area contributed by atoms with E-state index in [1.165, 1.54) is 17.0 Å². The molecule has 33 heavy (non-hydrogen) atoms. The van der Waals surface area contributed by atoms with E-state index >= 15 is 0 Å². The Hall–Kier alpha value is -3.04. The summed E-state index contributed by atoms with van der Waals surface area (Å²) in [6.07, 6.45) is 0.643. The molecule has 4 rings (SSSR count). The lowest BCUT2D eigenvalue weighted by atomic mass is 9.94. The number of ketones is 1. The summed E-state index contributed by atoms with van der Waals surface area (Å²) >= 11 is 0. The molecule has 1 aromatic heterocycles. The molecule has 2 aliphatic rings. The molecule has 2 fully saturated rings. The molecular formula is C24H29FN4O4. The standard InChI is InChI=1S/C24H29FN4O4/c1-15-19(16(2)27(3)26-15)22(30)20-21(17-6-4-7-18(25)14-17)29(24(32)23(20)31)9-5-8-28-10-12-33-13-11-28/h4,6-7,14,21,30H,5,8-13H2,1-3H3/b22-20+. The van der Waals surface area contributed by atoms with Gasteiger partial charge >= 0.3 is 0 Å². The summed E-state index contributed by atoms with van der Waals surface area (Å²) in [6.45, 7) is 7.59. The number of hydrogen-bond donors (Lipinski definition) is 1. The highest BCUT2D eigenvalue weighted by Crippen LogP contribution is 2.40. The smallest absolute Gasteiger partial charge is 0.295 e. The van der Waals surface area contributed by atoms with Crippen LogP contribution in [-0.4, -0.2) is 75.8 Å². The lowest BCUT2D eigenvalue weighted by molar-refractivity contribution is -0.140. The molecule has 1 unspecified atom stereocenters. The molecule has 0 saturated carbocycles. The highest BCUT2D eigenvalue weighted by molar-refractivity contribution is 6.46. The highest BCUT2D eigenvalue weighted by Gasteiger charge is 2.46. The Morgan fingerprint density at radius 2 is 1.94 bits per heavy atom. The van der Waals surface area contributed by atoms with Gasteiger partial charge in [-0.3, -0.25) is 19.2 Å². The zero-order chi connectivity index (χ0) is 23.7. The van der Waals surface area contributed by atoms with E-state index in [9.17, 15) is 19.1 Å². The number of aromatic nitrogens is 2. The summed E-state index contributed by atoms with van der Waals surface area (Å²) in [4.78, 5) is 29.9. The Kier molecular flexibility index (Phi) is 6.62. The van der Waals surface area contributed by atoms with Gasteiger partial charge in [-0.15, -0.1) is 0 Å². The van der Waals surface area contributed by atoms with E-state index in [0.717, 1.165) is 19.6 Å². The SMILES string of the molecule is Cc1nn(C)c(C)c1/C(O)=C1\C(=O)C(=O)N(CCCN2CCOCC2)C1c1cccc(F)c1. The van der Waals surface area contributed by atoms with Gasteiger partial charge in [0, 0.05) is 38.9 Å². The lowest BCUT2D eigenvalue weighted by Crippen LogP contribution is -2.39. The van der Waals surface area contributed by atoms with E-state index in [1.54, 1.807) is 37.7 Å². The highest BCUT2D eigenvalue weighted by atomic mass is 19.1. The number of nitrogens with zero attached hydrogens (tertiary/aromatic N) is 4. The number of halogens is 1. The van der Waals surface area contributed by atoms with Crippen molar-refractivity contribution in [2.45, 2.75) is 26.3 Å². The van der Waals surface area contributed by atoms with Crippen LogP contribution in [0.5, 0.6) is 0 Å². The van der Waals surface area contributed by atoms with E-state index in [1.807, 2.05) is 0 Å². The Morgan fingerprint density at radius 1 is 1.21 bits per heavy atom. The van der Waals surface area contributed by atoms with Gasteiger partial charge in [0.2, 0.25) is 0 Å². The molecule has 2 aliphatic heterocycles. The number of rotatable bonds is 6. The van der Waals surface area contributed by atoms with Crippen LogP contribution in [0.25, 0.3) is 5.76 Å². The Morgan fingerprint density at radius 3 is 2.58 bits per heavy atom. The summed E-state index contributed by atoms with van der Waals surface area (Å²) in [5, 5.41) is 15.6. The van der Waals surface area contributed by atoms with Gasteiger partial charge < -0.3 is 14.7 Å². The van der Waals surface area contributed by atoms with Gasteiger partial charge in [-0.05, 0) is 38.0 Å². The predicted octanol–water partition coefficient (Wildman–Crippen LogP) is 2.32. The van der Waals surface area contributed by atoms with Gasteiger partial charge in [-0.25, -0.2) is 4.39 Å². The number of carbonyl (C=O) groups is 2. The quantitative estimate of drug-likeness (QED) is 0.408. The molecule has 0 aliphatic carbocycles. The van der Waals surface area contributed by atoms with Crippen LogP contribution < -0.4 is 0 Å². The number of morpholine rings is 1. The van der Waals surface area contributed by atoms with Crippen LogP contribution in [0.3, 0.4) is 0 Å². The fourth-order valence-electron chi connectivity index (χ4n) is 4.67. The summed E-state index contributed by atoms with van der Waals surface area (Å²) < 4.78 is 21.1. The molecule has 0 bridgehead atoms. The first kappa shape index (κ1) is 23.1. The zero-order valence-electron chi connectivity index (χ0n) is 19.2. The van der Waals surface area contributed by atoms with E-state index in [0.29, 0.717) is 48.7 Å². The number of benzene rings is 1. The van der Waals surface area contributed by atoms with Crippen molar-refractivity contribution >= 4 is 17.4 Å². The number of aryl methyl sites for hydroxylation is 2. The van der Waals surface area contributed by atoms with Crippen molar-refractivity contribution in [3.63, 3.8) is 0 Å². The van der Waals surface area contributed by atoms with Crippen molar-refractivity contribution in [1.29, 1.82) is 0 Å². The number of ether oxygens (including phenoxy) is 1. The summed E-state index contributed by atoms with van der Waals surface area (Å²) in [7, 11) is 1.74. The Balaban J connectivity index is 1.72. The van der Waals surface area contributed by atoms with E-state index in [2.05, 4.69) is 10.00 Å². The molecule has 1 N–H and O–H groups in total. The molecule has 1 atom stereocenters. The number of aliphatic hydroxyl groups excluding tert-OH is 1. The van der Waals surface area contributed by atoms with Crippen LogP contribution in [0.4, 0.5) is 4.39 Å². The lowest BCUT2D eigenvalue weighted by Gasteiger charge is -2.29. The fourth-order valence-corrected chi connectivity index (χ4v) is 4.67. The molecule has 0 spiro atoms. The Labute approximate surface area is 192 Å². The number of hydrogen-bond acceptors (Lipinski definition) is 6. The van der Waals surface area contributed by atoms with Gasteiger partial charge in [-0.1, -0.05) is 12.1 Å². The van der Waals surface area contributed by atoms with Gasteiger partial charge in [0.05, 0.1) is 36.1 Å². The third-order valence-electron chi connectivity index (χ3n) is 6.43. The molecule has 3 heterocycles. The third kappa shape index (κ3) is 4.43. The van der Waals surface area contributed by atoms with E-state index in [4.69, 9.17) is 4.74 Å². The largest absolute Gasteiger partial charge is 0.507 e. The number of carbonyl (C=O) groups excluding carboxylic acids is 2. The van der Waals surface area contributed by atoms with Gasteiger partial charge in [0.25, 0.3) is 11.7 Å². The van der Waals surface area contributed by atoms with Crippen molar-refractivity contribution in [2.24, 2.45) is 7.05 Å². The first-order chi connectivity index (χ1) is 15.8. The number of likely N-dealkylation sites (tertiary alicyclic amines) is 1. The molecule has 176 valence electrons. The first-order valence-electron chi connectivity index (χ1n) is 11.1. The zero-order valence-corrected chi connectivity index (χ0v) is 19.2. The molecule has 0 radical (unpaired) electrons. The van der Waals surface area contributed by atoms with Crippen LogP contribution in [-0.2, 0) is 21.4 Å². The topological polar surface area (TPSA) is 87.9 Å². The fraction of sp³-hybridized carbons (Fsp3) is 0.458. The van der Waals surface area contributed by atoms with Crippen molar-refractivity contribution in [3.05, 3.63) is 58.2 Å². The molecule has 1 aromatic carbocycles. The molecule has 8 nitrogen and oxygen atoms in total. The second kappa shape index (κ2) is 9.44. The summed E-state index contributed by atoms with van der Waals surface area (Å²) in [5.74, 6) is -2.20. The van der Waals surface area contributed by atoms with Crippen LogP contribution in [0.15, 0.2) is 29.8 Å². The van der Waals surface area contributed by atoms with Crippen molar-refractivity contribution in [1.82, 2.24) is 19.6 Å². The second-order valence-corrected chi connectivity index (χ2v) is 8.52. The van der Waals surface area contributed by atoms with Gasteiger partial charge in [-0.2, -0.15) is 5.10 Å². The molecule has 1 amide bonds. The Bertz CT molecular complexity index is 1100. The average molecular weight is 457 g/mol. The van der Waals surface area contributed by atoms with Crippen molar-refractivity contribution in [3.8, 4) is 0 Å². The maximum Gasteiger partial charge on any atom is 0.295 e. The minimum Gasteiger partial charge on any atom is -0.507 e. The first-order valence-corrected chi connectivity index (χ1v) is 11.1. The normalized spacial score (nSPS) is 21.2. The predicted molar refractivity (Wildman–Crippen MR) is 120 cm³/mol. The monoisotopic (exact) mass is 456 g/mol. The molecule has 9 heteroatoms. The molecular weight excluding hydrogens is 427 g/mol. The summed E-state index contributed by atoms with van der Waals surface area (Å²) in [6, 6.07) is 4.96. The maximum atomic E-state index is 14.1. The van der Waals surface area contributed by atoms with E-state index < -0.39 is 23.5 Å². The van der Waals surface area contributed by atoms with Crippen LogP contribution in [0.1, 0.15) is 35.0 Å². The van der Waals surface area contributed by atoms with Crippen LogP contribution in [0.2, 0.25) is 0 Å².